The number of oxazole rings is 1. The van der Waals surface area contributed by atoms with Gasteiger partial charge in [-0.05, 0) is 24.3 Å². The highest BCUT2D eigenvalue weighted by Crippen LogP contribution is 2.33. The molecule has 8 nitrogen and oxygen atoms in total. The van der Waals surface area contributed by atoms with E-state index < -0.39 is 11.9 Å². The van der Waals surface area contributed by atoms with Crippen LogP contribution in [0, 0.1) is 0 Å². The van der Waals surface area contributed by atoms with Crippen molar-refractivity contribution in [2.24, 2.45) is 0 Å². The predicted molar refractivity (Wildman–Crippen MR) is 107 cm³/mol. The largest absolute Gasteiger partial charge is 0.476 e. The maximum Gasteiger partial charge on any atom is 0.419 e. The van der Waals surface area contributed by atoms with E-state index in [1.54, 1.807) is 55.4 Å². The van der Waals surface area contributed by atoms with Crippen LogP contribution in [0.3, 0.4) is 0 Å². The second-order valence-electron chi connectivity index (χ2n) is 7.05. The Bertz CT molecular complexity index is 1130. The van der Waals surface area contributed by atoms with Crippen molar-refractivity contribution in [3.05, 3.63) is 59.1 Å². The molecule has 29 heavy (non-hydrogen) atoms. The average Bonchev–Trinajstić information content (AvgIpc) is 3.05. The Labute approximate surface area is 166 Å². The van der Waals surface area contributed by atoms with E-state index in [9.17, 15) is 14.4 Å². The summed E-state index contributed by atoms with van der Waals surface area (Å²) in [5, 5.41) is 0. The van der Waals surface area contributed by atoms with Crippen molar-refractivity contribution in [3.63, 3.8) is 0 Å². The number of nitrogens with zero attached hydrogens (tertiary/aromatic N) is 3. The number of aryl methyl sites for hydroxylation is 1. The van der Waals surface area contributed by atoms with E-state index in [0.29, 0.717) is 22.5 Å². The molecular formula is C21H21N3O5. The molecule has 2 amide bonds. The summed E-state index contributed by atoms with van der Waals surface area (Å²) < 4.78 is 12.5. The molecule has 0 saturated heterocycles. The minimum Gasteiger partial charge on any atom is -0.476 e. The van der Waals surface area contributed by atoms with Crippen LogP contribution in [0.2, 0.25) is 0 Å². The van der Waals surface area contributed by atoms with E-state index in [2.05, 4.69) is 0 Å². The van der Waals surface area contributed by atoms with E-state index in [1.807, 2.05) is 12.1 Å². The molecule has 8 heteroatoms. The lowest BCUT2D eigenvalue weighted by molar-refractivity contribution is -0.136. The first-order valence-corrected chi connectivity index (χ1v) is 9.31. The van der Waals surface area contributed by atoms with Gasteiger partial charge in [0.1, 0.15) is 5.75 Å². The van der Waals surface area contributed by atoms with Gasteiger partial charge in [-0.15, -0.1) is 0 Å². The van der Waals surface area contributed by atoms with Gasteiger partial charge < -0.3 is 19.0 Å². The Morgan fingerprint density at radius 2 is 1.83 bits per heavy atom. The fraction of sp³-hybridized carbons (Fsp3) is 0.286. The molecule has 0 fully saturated rings. The molecule has 1 aliphatic heterocycles. The highest BCUT2D eigenvalue weighted by Gasteiger charge is 2.34. The second-order valence-corrected chi connectivity index (χ2v) is 7.05. The van der Waals surface area contributed by atoms with Crippen LogP contribution in [0.15, 0.2) is 57.7 Å². The third-order valence-electron chi connectivity index (χ3n) is 4.91. The maximum atomic E-state index is 13.0. The number of anilines is 1. The molecule has 0 unspecified atom stereocenters. The van der Waals surface area contributed by atoms with Crippen LogP contribution in [-0.2, 0) is 16.1 Å². The van der Waals surface area contributed by atoms with Crippen LogP contribution < -0.4 is 15.4 Å². The van der Waals surface area contributed by atoms with Crippen molar-refractivity contribution in [2.45, 2.75) is 19.1 Å². The average molecular weight is 395 g/mol. The Morgan fingerprint density at radius 3 is 2.62 bits per heavy atom. The molecule has 2 heterocycles. The van der Waals surface area contributed by atoms with E-state index in [4.69, 9.17) is 9.15 Å². The molecule has 0 saturated carbocycles. The smallest absolute Gasteiger partial charge is 0.419 e. The number of carbonyl (C=O) groups is 2. The number of ether oxygens (including phenoxy) is 1. The minimum absolute atomic E-state index is 0.0840. The van der Waals surface area contributed by atoms with Gasteiger partial charge in [-0.2, -0.15) is 0 Å². The number of benzene rings is 2. The molecule has 1 aliphatic rings. The van der Waals surface area contributed by atoms with Gasteiger partial charge in [0, 0.05) is 27.1 Å². The monoisotopic (exact) mass is 395 g/mol. The summed E-state index contributed by atoms with van der Waals surface area (Å²) in [6, 6.07) is 14.2. The van der Waals surface area contributed by atoms with E-state index in [-0.39, 0.29) is 31.3 Å². The zero-order chi connectivity index (χ0) is 20.5. The molecule has 4 rings (SSSR count). The minimum atomic E-state index is -0.777. The number of aromatic nitrogens is 1. The number of carbonyl (C=O) groups excluding carboxylic acids is 2. The Balaban J connectivity index is 1.57. The van der Waals surface area contributed by atoms with Gasteiger partial charge in [0.05, 0.1) is 17.7 Å². The van der Waals surface area contributed by atoms with Gasteiger partial charge in [0.15, 0.2) is 11.7 Å². The molecule has 0 radical (unpaired) electrons. The molecule has 1 atom stereocenters. The second kappa shape index (κ2) is 7.46. The van der Waals surface area contributed by atoms with Crippen molar-refractivity contribution >= 4 is 28.6 Å². The molecule has 150 valence electrons. The topological polar surface area (TPSA) is 85.0 Å². The first kappa shape index (κ1) is 18.8. The van der Waals surface area contributed by atoms with Crippen LogP contribution >= 0.6 is 0 Å². The Hall–Kier alpha value is -3.55. The van der Waals surface area contributed by atoms with E-state index >= 15 is 0 Å². The van der Waals surface area contributed by atoms with Crippen molar-refractivity contribution in [3.8, 4) is 5.75 Å². The summed E-state index contributed by atoms with van der Waals surface area (Å²) in [4.78, 5) is 40.6. The van der Waals surface area contributed by atoms with Gasteiger partial charge >= 0.3 is 5.76 Å². The van der Waals surface area contributed by atoms with Crippen LogP contribution in [0.1, 0.15) is 6.42 Å². The van der Waals surface area contributed by atoms with Gasteiger partial charge in [0.2, 0.25) is 5.91 Å². The fourth-order valence-electron chi connectivity index (χ4n) is 3.46. The lowest BCUT2D eigenvalue weighted by Gasteiger charge is -2.35. The maximum absolute atomic E-state index is 13.0. The lowest BCUT2D eigenvalue weighted by Crippen LogP contribution is -2.50. The summed E-state index contributed by atoms with van der Waals surface area (Å²) in [6.45, 7) is 0.300. The van der Waals surface area contributed by atoms with E-state index in [0.717, 1.165) is 0 Å². The van der Waals surface area contributed by atoms with Crippen LogP contribution in [-0.4, -0.2) is 48.0 Å². The molecular weight excluding hydrogens is 374 g/mol. The molecule has 0 N–H and O–H groups in total. The summed E-state index contributed by atoms with van der Waals surface area (Å²) in [5.74, 6) is -0.427. The summed E-state index contributed by atoms with van der Waals surface area (Å²) >= 11 is 0. The van der Waals surface area contributed by atoms with Gasteiger partial charge in [-0.1, -0.05) is 24.3 Å². The summed E-state index contributed by atoms with van der Waals surface area (Å²) in [6.07, 6.45) is -0.693. The van der Waals surface area contributed by atoms with Gasteiger partial charge in [-0.25, -0.2) is 4.79 Å². The molecule has 2 aromatic carbocycles. The Kier molecular flexibility index (Phi) is 4.84. The van der Waals surface area contributed by atoms with Crippen molar-refractivity contribution < 1.29 is 18.7 Å². The molecule has 0 aliphatic carbocycles. The van der Waals surface area contributed by atoms with Gasteiger partial charge in [-0.3, -0.25) is 14.2 Å². The van der Waals surface area contributed by atoms with Crippen molar-refractivity contribution in [2.75, 3.05) is 25.5 Å². The van der Waals surface area contributed by atoms with Crippen molar-refractivity contribution in [1.29, 1.82) is 0 Å². The quantitative estimate of drug-likeness (QED) is 0.673. The standard InChI is InChI=1S/C21H21N3O5/c1-22(2)20(26)18-13-24(15-8-4-5-9-16(15)28-18)19(25)11-12-23-14-7-3-6-10-17(14)29-21(23)27/h3-10,18H,11-13H2,1-2H3/t18-/m0/s1. The van der Waals surface area contributed by atoms with Crippen molar-refractivity contribution in [1.82, 2.24) is 9.47 Å². The summed E-state index contributed by atoms with van der Waals surface area (Å²) in [5.41, 5.74) is 1.75. The molecule has 1 aromatic heterocycles. The number of amides is 2. The first-order valence-electron chi connectivity index (χ1n) is 9.31. The summed E-state index contributed by atoms with van der Waals surface area (Å²) in [7, 11) is 3.30. The first-order chi connectivity index (χ1) is 14.0. The van der Waals surface area contributed by atoms with E-state index in [1.165, 1.54) is 9.47 Å². The number of fused-ring (bicyclic) bond motifs is 2. The van der Waals surface area contributed by atoms with Gasteiger partial charge in [0.25, 0.3) is 5.91 Å². The zero-order valence-electron chi connectivity index (χ0n) is 16.2. The van der Waals surface area contributed by atoms with Crippen LogP contribution in [0.5, 0.6) is 5.75 Å². The molecule has 3 aromatic rings. The highest BCUT2D eigenvalue weighted by atomic mass is 16.5. The third kappa shape index (κ3) is 3.49. The SMILES string of the molecule is CN(C)C(=O)[C@@H]1CN(C(=O)CCn2c(=O)oc3ccccc32)c2ccccc2O1. The fourth-order valence-corrected chi connectivity index (χ4v) is 3.46. The molecule has 0 bridgehead atoms. The normalized spacial score (nSPS) is 15.7. The predicted octanol–water partition coefficient (Wildman–Crippen LogP) is 1.87. The lowest BCUT2D eigenvalue weighted by atomic mass is 10.1. The van der Waals surface area contributed by atoms with Crippen LogP contribution in [0.25, 0.3) is 11.1 Å². The third-order valence-corrected chi connectivity index (χ3v) is 4.91. The highest BCUT2D eigenvalue weighted by molar-refractivity contribution is 5.97. The number of likely N-dealkylation sites (N-methyl/N-ethyl adjacent to an activating group) is 1. The van der Waals surface area contributed by atoms with Crippen LogP contribution in [0.4, 0.5) is 5.69 Å². The number of hydrogen-bond acceptors (Lipinski definition) is 5. The number of para-hydroxylation sites is 4. The zero-order valence-corrected chi connectivity index (χ0v) is 16.2. The number of rotatable bonds is 4. The molecule has 0 spiro atoms. The Morgan fingerprint density at radius 1 is 1.10 bits per heavy atom. The number of hydrogen-bond donors (Lipinski definition) is 0.